The summed E-state index contributed by atoms with van der Waals surface area (Å²) < 4.78 is 16.3. The van der Waals surface area contributed by atoms with E-state index in [0.717, 1.165) is 4.88 Å². The number of hydrogen-bond donors (Lipinski definition) is 1. The number of fused-ring (bicyclic) bond motifs is 1. The monoisotopic (exact) mass is 423 g/mol. The average molecular weight is 423 g/mol. The molecule has 3 aromatic heterocycles. The molecule has 154 valence electrons. The highest BCUT2D eigenvalue weighted by molar-refractivity contribution is 7.15. The van der Waals surface area contributed by atoms with Gasteiger partial charge in [-0.25, -0.2) is 4.98 Å². The summed E-state index contributed by atoms with van der Waals surface area (Å²) in [7, 11) is 1.59. The lowest BCUT2D eigenvalue weighted by atomic mass is 10.1. The van der Waals surface area contributed by atoms with E-state index in [1.807, 2.05) is 43.3 Å². The number of nitrogens with one attached hydrogen (secondary N) is 1. The van der Waals surface area contributed by atoms with Gasteiger partial charge in [-0.3, -0.25) is 4.79 Å². The van der Waals surface area contributed by atoms with Crippen LogP contribution < -0.4 is 14.8 Å². The number of aromatic nitrogens is 2. The Hall–Kier alpha value is -3.39. The standard InChI is InChI=1S/C22H21N3O4S/c1-13-8-9-19(30-13)16-12-15(20-14(2)25-29-22(20)24-16)21(26)23-10-11-28-18-7-5-4-6-17(18)27-3/h4-9,12H,10-11H2,1-3H3,(H,23,26). The maximum absolute atomic E-state index is 12.9. The van der Waals surface area contributed by atoms with E-state index in [9.17, 15) is 4.79 Å². The van der Waals surface area contributed by atoms with Crippen LogP contribution >= 0.6 is 11.3 Å². The molecule has 3 heterocycles. The van der Waals surface area contributed by atoms with Gasteiger partial charge in [0.1, 0.15) is 6.61 Å². The van der Waals surface area contributed by atoms with Gasteiger partial charge in [-0.2, -0.15) is 0 Å². The second-order valence-electron chi connectivity index (χ2n) is 6.67. The molecule has 0 aliphatic heterocycles. The number of rotatable bonds is 7. The third-order valence-electron chi connectivity index (χ3n) is 4.57. The van der Waals surface area contributed by atoms with Crippen molar-refractivity contribution < 1.29 is 18.8 Å². The van der Waals surface area contributed by atoms with Gasteiger partial charge < -0.3 is 19.3 Å². The third kappa shape index (κ3) is 3.99. The van der Waals surface area contributed by atoms with Gasteiger partial charge in [-0.05, 0) is 44.2 Å². The minimum absolute atomic E-state index is 0.230. The second kappa shape index (κ2) is 8.54. The lowest BCUT2D eigenvalue weighted by Crippen LogP contribution is -2.28. The number of para-hydroxylation sites is 2. The number of nitrogens with zero attached hydrogens (tertiary/aromatic N) is 2. The molecule has 0 unspecified atom stereocenters. The van der Waals surface area contributed by atoms with Crippen molar-refractivity contribution in [1.29, 1.82) is 0 Å². The van der Waals surface area contributed by atoms with Crippen LogP contribution in [0.15, 0.2) is 47.0 Å². The van der Waals surface area contributed by atoms with Crippen LogP contribution in [0.1, 0.15) is 20.9 Å². The van der Waals surface area contributed by atoms with Gasteiger partial charge in [0.25, 0.3) is 11.6 Å². The number of ether oxygens (including phenoxy) is 2. The molecule has 0 saturated carbocycles. The molecule has 0 fully saturated rings. The lowest BCUT2D eigenvalue weighted by Gasteiger charge is -2.11. The number of methoxy groups -OCH3 is 1. The molecule has 0 aliphatic carbocycles. The molecule has 0 aliphatic rings. The normalized spacial score (nSPS) is 10.9. The van der Waals surface area contributed by atoms with Crippen molar-refractivity contribution in [2.75, 3.05) is 20.3 Å². The van der Waals surface area contributed by atoms with Gasteiger partial charge in [-0.1, -0.05) is 17.3 Å². The Bertz CT molecular complexity index is 1200. The first-order valence-electron chi connectivity index (χ1n) is 9.44. The molecule has 0 saturated heterocycles. The van der Waals surface area contributed by atoms with Gasteiger partial charge in [-0.15, -0.1) is 11.3 Å². The molecule has 0 bridgehead atoms. The number of thiophene rings is 1. The lowest BCUT2D eigenvalue weighted by molar-refractivity contribution is 0.0948. The highest BCUT2D eigenvalue weighted by Crippen LogP contribution is 2.31. The Kier molecular flexibility index (Phi) is 5.67. The van der Waals surface area contributed by atoms with Crippen molar-refractivity contribution in [2.24, 2.45) is 0 Å². The predicted molar refractivity (Wildman–Crippen MR) is 115 cm³/mol. The summed E-state index contributed by atoms with van der Waals surface area (Å²) >= 11 is 1.61. The van der Waals surface area contributed by atoms with Crippen molar-refractivity contribution in [3.63, 3.8) is 0 Å². The van der Waals surface area contributed by atoms with E-state index >= 15 is 0 Å². The summed E-state index contributed by atoms with van der Waals surface area (Å²) in [6, 6.07) is 13.2. The Labute approximate surface area is 177 Å². The second-order valence-corrected chi connectivity index (χ2v) is 7.96. The molecule has 7 nitrogen and oxygen atoms in total. The molecule has 4 rings (SSSR count). The Morgan fingerprint density at radius 1 is 1.17 bits per heavy atom. The largest absolute Gasteiger partial charge is 0.493 e. The fraction of sp³-hybridized carbons (Fsp3) is 0.227. The number of hydrogen-bond acceptors (Lipinski definition) is 7. The van der Waals surface area contributed by atoms with E-state index in [2.05, 4.69) is 15.5 Å². The first-order chi connectivity index (χ1) is 14.6. The Balaban J connectivity index is 1.51. The van der Waals surface area contributed by atoms with E-state index in [-0.39, 0.29) is 5.91 Å². The van der Waals surface area contributed by atoms with Crippen molar-refractivity contribution in [1.82, 2.24) is 15.5 Å². The Morgan fingerprint density at radius 2 is 1.97 bits per heavy atom. The van der Waals surface area contributed by atoms with Crippen molar-refractivity contribution >= 4 is 28.3 Å². The Morgan fingerprint density at radius 3 is 2.70 bits per heavy atom. The number of pyridine rings is 1. The fourth-order valence-electron chi connectivity index (χ4n) is 3.13. The molecular weight excluding hydrogens is 402 g/mol. The van der Waals surface area contributed by atoms with Crippen LogP contribution in [0.4, 0.5) is 0 Å². The van der Waals surface area contributed by atoms with Gasteiger partial charge in [0.2, 0.25) is 0 Å². The van der Waals surface area contributed by atoms with Crippen LogP contribution in [0.2, 0.25) is 0 Å². The van der Waals surface area contributed by atoms with Crippen LogP contribution in [0.3, 0.4) is 0 Å². The van der Waals surface area contributed by atoms with Crippen molar-refractivity contribution in [3.8, 4) is 22.1 Å². The molecule has 1 N–H and O–H groups in total. The predicted octanol–water partition coefficient (Wildman–Crippen LogP) is 4.39. The third-order valence-corrected chi connectivity index (χ3v) is 5.59. The smallest absolute Gasteiger partial charge is 0.259 e. The number of benzene rings is 1. The molecule has 30 heavy (non-hydrogen) atoms. The highest BCUT2D eigenvalue weighted by atomic mass is 32.1. The van der Waals surface area contributed by atoms with Gasteiger partial charge in [0.15, 0.2) is 11.5 Å². The molecule has 1 aromatic carbocycles. The molecule has 4 aromatic rings. The molecule has 1 amide bonds. The maximum atomic E-state index is 12.9. The minimum Gasteiger partial charge on any atom is -0.493 e. The number of aryl methyl sites for hydroxylation is 2. The summed E-state index contributed by atoms with van der Waals surface area (Å²) in [5.41, 5.74) is 2.15. The van der Waals surface area contributed by atoms with Crippen LogP contribution in [0, 0.1) is 13.8 Å². The zero-order valence-corrected chi connectivity index (χ0v) is 17.7. The van der Waals surface area contributed by atoms with Crippen LogP contribution in [-0.4, -0.2) is 36.3 Å². The quantitative estimate of drug-likeness (QED) is 0.444. The van der Waals surface area contributed by atoms with Gasteiger partial charge in [0, 0.05) is 4.88 Å². The van der Waals surface area contributed by atoms with Crippen LogP contribution in [-0.2, 0) is 0 Å². The summed E-state index contributed by atoms with van der Waals surface area (Å²) in [6.07, 6.45) is 0. The van der Waals surface area contributed by atoms with Gasteiger partial charge >= 0.3 is 0 Å². The van der Waals surface area contributed by atoms with E-state index in [1.165, 1.54) is 4.88 Å². The minimum atomic E-state index is -0.230. The summed E-state index contributed by atoms with van der Waals surface area (Å²) in [5, 5.41) is 7.50. The summed E-state index contributed by atoms with van der Waals surface area (Å²) in [5.74, 6) is 1.05. The van der Waals surface area contributed by atoms with E-state index in [0.29, 0.717) is 52.7 Å². The first-order valence-corrected chi connectivity index (χ1v) is 10.3. The molecule has 8 heteroatoms. The molecule has 0 spiro atoms. The number of carbonyl (C=O) groups excluding carboxylic acids is 1. The van der Waals surface area contributed by atoms with Crippen molar-refractivity contribution in [3.05, 3.63) is 58.6 Å². The SMILES string of the molecule is COc1ccccc1OCCNC(=O)c1cc(-c2ccc(C)s2)nc2onc(C)c12. The summed E-state index contributed by atoms with van der Waals surface area (Å²) in [6.45, 7) is 4.46. The first kappa shape index (κ1) is 19.9. The average Bonchev–Trinajstić information content (AvgIpc) is 3.36. The summed E-state index contributed by atoms with van der Waals surface area (Å²) in [4.78, 5) is 19.6. The zero-order valence-electron chi connectivity index (χ0n) is 16.9. The number of carbonyl (C=O) groups is 1. The van der Waals surface area contributed by atoms with E-state index in [1.54, 1.807) is 31.4 Å². The zero-order chi connectivity index (χ0) is 21.1. The van der Waals surface area contributed by atoms with Crippen molar-refractivity contribution in [2.45, 2.75) is 13.8 Å². The molecule has 0 atom stereocenters. The van der Waals surface area contributed by atoms with E-state index < -0.39 is 0 Å². The highest BCUT2D eigenvalue weighted by Gasteiger charge is 2.19. The van der Waals surface area contributed by atoms with Crippen LogP contribution in [0.5, 0.6) is 11.5 Å². The maximum Gasteiger partial charge on any atom is 0.259 e. The van der Waals surface area contributed by atoms with E-state index in [4.69, 9.17) is 14.0 Å². The van der Waals surface area contributed by atoms with Crippen LogP contribution in [0.25, 0.3) is 21.7 Å². The topological polar surface area (TPSA) is 86.5 Å². The molecular formula is C22H21N3O4S. The fourth-order valence-corrected chi connectivity index (χ4v) is 3.96. The van der Waals surface area contributed by atoms with Gasteiger partial charge in [0.05, 0.1) is 40.9 Å². The molecule has 0 radical (unpaired) electrons. The number of amides is 1.